The Morgan fingerprint density at radius 3 is 3.10 bits per heavy atom. The van der Waals surface area contributed by atoms with E-state index in [1.54, 1.807) is 17.0 Å². The van der Waals surface area contributed by atoms with Gasteiger partial charge in [-0.15, -0.1) is 11.3 Å². The molecule has 1 atom stereocenters. The first-order chi connectivity index (χ1) is 9.74. The monoisotopic (exact) mass is 289 g/mol. The summed E-state index contributed by atoms with van der Waals surface area (Å²) in [5.41, 5.74) is 3.78. The summed E-state index contributed by atoms with van der Waals surface area (Å²) in [6.45, 7) is 2.93. The van der Waals surface area contributed by atoms with Gasteiger partial charge >= 0.3 is 0 Å². The number of fused-ring (bicyclic) bond motifs is 1. The van der Waals surface area contributed by atoms with Gasteiger partial charge in [0.25, 0.3) is 0 Å². The quantitative estimate of drug-likeness (QED) is 0.879. The van der Waals surface area contributed by atoms with E-state index >= 15 is 0 Å². The molecule has 0 aliphatic heterocycles. The number of rotatable bonds is 4. The van der Waals surface area contributed by atoms with Crippen LogP contribution in [0.15, 0.2) is 29.6 Å². The van der Waals surface area contributed by atoms with E-state index in [1.807, 2.05) is 24.3 Å². The van der Waals surface area contributed by atoms with Crippen molar-refractivity contribution in [3.8, 4) is 0 Å². The molecule has 3 rings (SSSR count). The lowest BCUT2D eigenvalue weighted by atomic mass is 9.94. The van der Waals surface area contributed by atoms with Crippen LogP contribution in [0.1, 0.15) is 40.5 Å². The molecule has 1 nitrogen and oxygen atoms in total. The lowest BCUT2D eigenvalue weighted by Gasteiger charge is -2.24. The summed E-state index contributed by atoms with van der Waals surface area (Å²) in [7, 11) is 0. The molecular formula is C17H20FNS. The van der Waals surface area contributed by atoms with E-state index in [-0.39, 0.29) is 5.82 Å². The minimum absolute atomic E-state index is 0.144. The van der Waals surface area contributed by atoms with Gasteiger partial charge < -0.3 is 5.32 Å². The van der Waals surface area contributed by atoms with E-state index in [0.717, 1.165) is 18.5 Å². The normalized spacial score (nSPS) is 18.0. The van der Waals surface area contributed by atoms with Crippen LogP contribution in [0.25, 0.3) is 0 Å². The zero-order valence-corrected chi connectivity index (χ0v) is 12.6. The highest BCUT2D eigenvalue weighted by atomic mass is 32.1. The van der Waals surface area contributed by atoms with Crippen LogP contribution in [-0.4, -0.2) is 6.54 Å². The van der Waals surface area contributed by atoms with Crippen molar-refractivity contribution in [3.63, 3.8) is 0 Å². The SMILES string of the molecule is Cc1cc(F)ccc1CCNC1CCCc2sccc21. The Morgan fingerprint density at radius 1 is 1.35 bits per heavy atom. The van der Waals surface area contributed by atoms with E-state index in [0.29, 0.717) is 6.04 Å². The average molecular weight is 289 g/mol. The third kappa shape index (κ3) is 2.94. The summed E-state index contributed by atoms with van der Waals surface area (Å²) < 4.78 is 13.1. The molecule has 20 heavy (non-hydrogen) atoms. The second-order valence-electron chi connectivity index (χ2n) is 5.52. The Kier molecular flexibility index (Phi) is 4.18. The Hall–Kier alpha value is -1.19. The van der Waals surface area contributed by atoms with E-state index in [4.69, 9.17) is 0 Å². The maximum absolute atomic E-state index is 13.1. The van der Waals surface area contributed by atoms with Crippen LogP contribution in [0, 0.1) is 12.7 Å². The second-order valence-corrected chi connectivity index (χ2v) is 6.52. The van der Waals surface area contributed by atoms with Gasteiger partial charge in [-0.3, -0.25) is 0 Å². The zero-order chi connectivity index (χ0) is 13.9. The Labute approximate surface area is 123 Å². The summed E-state index contributed by atoms with van der Waals surface area (Å²) in [5.74, 6) is -0.144. The first-order valence-electron chi connectivity index (χ1n) is 7.29. The van der Waals surface area contributed by atoms with Crippen molar-refractivity contribution in [1.82, 2.24) is 5.32 Å². The molecule has 1 heterocycles. The minimum Gasteiger partial charge on any atom is -0.310 e. The number of benzene rings is 1. The molecule has 1 aromatic heterocycles. The predicted octanol–water partition coefficient (Wildman–Crippen LogP) is 4.41. The van der Waals surface area contributed by atoms with Crippen molar-refractivity contribution >= 4 is 11.3 Å². The minimum atomic E-state index is -0.144. The number of hydrogen-bond donors (Lipinski definition) is 1. The van der Waals surface area contributed by atoms with E-state index in [1.165, 1.54) is 30.4 Å². The molecule has 1 aromatic carbocycles. The Morgan fingerprint density at radius 2 is 2.25 bits per heavy atom. The summed E-state index contributed by atoms with van der Waals surface area (Å²) in [6.07, 6.45) is 4.71. The lowest BCUT2D eigenvalue weighted by molar-refractivity contribution is 0.466. The van der Waals surface area contributed by atoms with Gasteiger partial charge in [-0.25, -0.2) is 4.39 Å². The maximum atomic E-state index is 13.1. The summed E-state index contributed by atoms with van der Waals surface area (Å²) in [6, 6.07) is 7.85. The van der Waals surface area contributed by atoms with Crippen LogP contribution in [0.5, 0.6) is 0 Å². The van der Waals surface area contributed by atoms with Gasteiger partial charge in [0.05, 0.1) is 0 Å². The molecule has 1 aliphatic carbocycles. The smallest absolute Gasteiger partial charge is 0.123 e. The van der Waals surface area contributed by atoms with Crippen LogP contribution in [0.3, 0.4) is 0 Å². The average Bonchev–Trinajstić information content (AvgIpc) is 2.90. The van der Waals surface area contributed by atoms with Gasteiger partial charge in [0.1, 0.15) is 5.82 Å². The second kappa shape index (κ2) is 6.06. The third-order valence-electron chi connectivity index (χ3n) is 4.14. The molecule has 3 heteroatoms. The molecule has 1 unspecified atom stereocenters. The van der Waals surface area contributed by atoms with Crippen LogP contribution in [0.4, 0.5) is 4.39 Å². The fraction of sp³-hybridized carbons (Fsp3) is 0.412. The van der Waals surface area contributed by atoms with Gasteiger partial charge in [-0.1, -0.05) is 6.07 Å². The van der Waals surface area contributed by atoms with Crippen molar-refractivity contribution in [2.24, 2.45) is 0 Å². The van der Waals surface area contributed by atoms with Crippen molar-refractivity contribution in [1.29, 1.82) is 0 Å². The van der Waals surface area contributed by atoms with Gasteiger partial charge in [0.15, 0.2) is 0 Å². The molecule has 0 saturated heterocycles. The lowest BCUT2D eigenvalue weighted by Crippen LogP contribution is -2.26. The predicted molar refractivity (Wildman–Crippen MR) is 82.8 cm³/mol. The molecule has 0 bridgehead atoms. The highest BCUT2D eigenvalue weighted by Gasteiger charge is 2.20. The van der Waals surface area contributed by atoms with Gasteiger partial charge in [0.2, 0.25) is 0 Å². The maximum Gasteiger partial charge on any atom is 0.123 e. The summed E-state index contributed by atoms with van der Waals surface area (Å²) in [5, 5.41) is 5.87. The fourth-order valence-corrected chi connectivity index (χ4v) is 4.01. The third-order valence-corrected chi connectivity index (χ3v) is 5.14. The first kappa shape index (κ1) is 13.8. The van der Waals surface area contributed by atoms with Crippen LogP contribution < -0.4 is 5.32 Å². The van der Waals surface area contributed by atoms with Crippen LogP contribution in [0.2, 0.25) is 0 Å². The number of halogens is 1. The van der Waals surface area contributed by atoms with Gasteiger partial charge in [-0.2, -0.15) is 0 Å². The molecule has 0 amide bonds. The number of hydrogen-bond acceptors (Lipinski definition) is 2. The summed E-state index contributed by atoms with van der Waals surface area (Å²) >= 11 is 1.88. The molecule has 0 radical (unpaired) electrons. The number of thiophene rings is 1. The molecule has 0 fully saturated rings. The van der Waals surface area contributed by atoms with Crippen molar-refractivity contribution < 1.29 is 4.39 Å². The highest BCUT2D eigenvalue weighted by Crippen LogP contribution is 2.33. The number of aryl methyl sites for hydroxylation is 2. The largest absolute Gasteiger partial charge is 0.310 e. The topological polar surface area (TPSA) is 12.0 Å². The molecule has 106 valence electrons. The standard InChI is InChI=1S/C17H20FNS/c1-12-11-14(18)6-5-13(12)7-9-19-16-3-2-4-17-15(16)8-10-20-17/h5-6,8,10-11,16,19H,2-4,7,9H2,1H3. The summed E-state index contributed by atoms with van der Waals surface area (Å²) in [4.78, 5) is 1.55. The molecule has 2 aromatic rings. The van der Waals surface area contributed by atoms with Crippen molar-refractivity contribution in [3.05, 3.63) is 57.0 Å². The first-order valence-corrected chi connectivity index (χ1v) is 8.16. The van der Waals surface area contributed by atoms with Crippen LogP contribution >= 0.6 is 11.3 Å². The number of nitrogens with one attached hydrogen (secondary N) is 1. The molecule has 0 spiro atoms. The van der Waals surface area contributed by atoms with Gasteiger partial charge in [-0.05, 0) is 79.4 Å². The highest BCUT2D eigenvalue weighted by molar-refractivity contribution is 7.10. The zero-order valence-electron chi connectivity index (χ0n) is 11.8. The van der Waals surface area contributed by atoms with Crippen molar-refractivity contribution in [2.75, 3.05) is 6.54 Å². The van der Waals surface area contributed by atoms with Crippen LogP contribution in [-0.2, 0) is 12.8 Å². The Balaban J connectivity index is 1.59. The van der Waals surface area contributed by atoms with E-state index in [2.05, 4.69) is 16.8 Å². The molecule has 0 saturated carbocycles. The van der Waals surface area contributed by atoms with Gasteiger partial charge in [0, 0.05) is 10.9 Å². The van der Waals surface area contributed by atoms with E-state index < -0.39 is 0 Å². The molecule has 1 aliphatic rings. The molecule has 1 N–H and O–H groups in total. The fourth-order valence-electron chi connectivity index (χ4n) is 3.02. The Bertz CT molecular complexity index is 590. The van der Waals surface area contributed by atoms with E-state index in [9.17, 15) is 4.39 Å². The van der Waals surface area contributed by atoms with Crippen molar-refractivity contribution in [2.45, 2.75) is 38.6 Å². The molecular weight excluding hydrogens is 269 g/mol.